The summed E-state index contributed by atoms with van der Waals surface area (Å²) in [7, 11) is -3.49. The summed E-state index contributed by atoms with van der Waals surface area (Å²) in [6, 6.07) is 3.50. The molecule has 4 rings (SSSR count). The molecule has 0 atom stereocenters. The third-order valence-corrected chi connectivity index (χ3v) is 7.68. The van der Waals surface area contributed by atoms with Crippen molar-refractivity contribution in [2.75, 3.05) is 0 Å². The highest BCUT2D eigenvalue weighted by Crippen LogP contribution is 2.39. The summed E-state index contributed by atoms with van der Waals surface area (Å²) in [6.07, 6.45) is 3.08. The van der Waals surface area contributed by atoms with E-state index in [9.17, 15) is 8.42 Å². The molecule has 0 radical (unpaired) electrons. The van der Waals surface area contributed by atoms with E-state index in [2.05, 4.69) is 20.0 Å². The molecule has 0 aliphatic heterocycles. The summed E-state index contributed by atoms with van der Waals surface area (Å²) in [5.74, 6) is 1.34. The molecule has 0 saturated heterocycles. The van der Waals surface area contributed by atoms with Crippen LogP contribution in [0.2, 0.25) is 0 Å². The Morgan fingerprint density at radius 1 is 1.30 bits per heavy atom. The Morgan fingerprint density at radius 2 is 2.13 bits per heavy atom. The van der Waals surface area contributed by atoms with Crippen LogP contribution in [-0.2, 0) is 23.0 Å². The average molecular weight is 369 g/mol. The van der Waals surface area contributed by atoms with E-state index >= 15 is 0 Å². The van der Waals surface area contributed by atoms with E-state index in [0.29, 0.717) is 20.1 Å². The lowest BCUT2D eigenvalue weighted by Gasteiger charge is -2.01. The van der Waals surface area contributed by atoms with Gasteiger partial charge in [-0.2, -0.15) is 9.61 Å². The molecular weight excluding hydrogens is 354 g/mol. The number of sulfonamides is 1. The molecule has 3 aromatic heterocycles. The van der Waals surface area contributed by atoms with E-state index in [1.165, 1.54) is 22.7 Å². The zero-order valence-electron chi connectivity index (χ0n) is 12.4. The van der Waals surface area contributed by atoms with E-state index in [1.54, 1.807) is 10.6 Å². The molecule has 3 heterocycles. The number of thiophene rings is 1. The van der Waals surface area contributed by atoms with Crippen molar-refractivity contribution in [3.63, 3.8) is 0 Å². The minimum absolute atomic E-state index is 0.166. The number of aryl methyl sites for hydroxylation is 1. The van der Waals surface area contributed by atoms with E-state index < -0.39 is 10.0 Å². The van der Waals surface area contributed by atoms with Crippen molar-refractivity contribution in [1.29, 1.82) is 0 Å². The van der Waals surface area contributed by atoms with Crippen molar-refractivity contribution in [3.8, 4) is 0 Å². The molecule has 122 valence electrons. The zero-order chi connectivity index (χ0) is 16.0. The van der Waals surface area contributed by atoms with Gasteiger partial charge in [-0.1, -0.05) is 18.3 Å². The maximum absolute atomic E-state index is 12.3. The molecule has 0 spiro atoms. The van der Waals surface area contributed by atoms with Gasteiger partial charge in [0.15, 0.2) is 5.82 Å². The first-order chi connectivity index (χ1) is 11.1. The molecular formula is C13H15N5O2S3. The second-order valence-electron chi connectivity index (χ2n) is 5.42. The fourth-order valence-corrected chi connectivity index (χ4v) is 5.46. The van der Waals surface area contributed by atoms with Gasteiger partial charge in [0.25, 0.3) is 0 Å². The number of hydrogen-bond acceptors (Lipinski definition) is 7. The molecule has 1 aliphatic rings. The first-order valence-electron chi connectivity index (χ1n) is 7.36. The SMILES string of the molecule is CCc1ccc(S(=O)(=O)NCc2nn3c(C4CC4)nnc3s2)s1. The van der Waals surface area contributed by atoms with Gasteiger partial charge in [-0.05, 0) is 31.4 Å². The highest BCUT2D eigenvalue weighted by Gasteiger charge is 2.30. The zero-order valence-corrected chi connectivity index (χ0v) is 14.8. The fourth-order valence-electron chi connectivity index (χ4n) is 2.26. The Labute approximate surface area is 141 Å². The molecule has 7 nitrogen and oxygen atoms in total. The van der Waals surface area contributed by atoms with Crippen molar-refractivity contribution < 1.29 is 8.42 Å². The number of fused-ring (bicyclic) bond motifs is 1. The van der Waals surface area contributed by atoms with Gasteiger partial charge in [-0.25, -0.2) is 13.1 Å². The fraction of sp³-hybridized carbons (Fsp3) is 0.462. The van der Waals surface area contributed by atoms with Crippen LogP contribution in [0.25, 0.3) is 4.96 Å². The van der Waals surface area contributed by atoms with Gasteiger partial charge in [0.05, 0.1) is 6.54 Å². The van der Waals surface area contributed by atoms with E-state index in [0.717, 1.165) is 30.0 Å². The first-order valence-corrected chi connectivity index (χ1v) is 10.5. The van der Waals surface area contributed by atoms with Crippen LogP contribution in [0.1, 0.15) is 41.4 Å². The average Bonchev–Trinajstić information content (AvgIpc) is 2.98. The van der Waals surface area contributed by atoms with Crippen molar-refractivity contribution in [3.05, 3.63) is 27.8 Å². The van der Waals surface area contributed by atoms with Gasteiger partial charge in [0.1, 0.15) is 9.22 Å². The Hall–Kier alpha value is -1.36. The lowest BCUT2D eigenvalue weighted by molar-refractivity contribution is 0.582. The largest absolute Gasteiger partial charge is 0.250 e. The van der Waals surface area contributed by atoms with E-state index in [4.69, 9.17) is 0 Å². The maximum Gasteiger partial charge on any atom is 0.250 e. The molecule has 23 heavy (non-hydrogen) atoms. The van der Waals surface area contributed by atoms with Crippen LogP contribution in [-0.4, -0.2) is 28.2 Å². The summed E-state index contributed by atoms with van der Waals surface area (Å²) in [4.78, 5) is 1.77. The van der Waals surface area contributed by atoms with Gasteiger partial charge in [-0.3, -0.25) is 0 Å². The molecule has 10 heteroatoms. The number of aromatic nitrogens is 4. The van der Waals surface area contributed by atoms with Crippen molar-refractivity contribution in [2.24, 2.45) is 0 Å². The normalized spacial score (nSPS) is 15.5. The summed E-state index contributed by atoms with van der Waals surface area (Å²) >= 11 is 2.66. The standard InChI is InChI=1S/C13H15N5O2S3/c1-2-9-5-6-11(21-9)23(19,20)14-7-10-17-18-12(8-3-4-8)15-16-13(18)22-10/h5-6,8,14H,2-4,7H2,1H3. The first kappa shape index (κ1) is 15.2. The van der Waals surface area contributed by atoms with Crippen LogP contribution in [0.3, 0.4) is 0 Å². The summed E-state index contributed by atoms with van der Waals surface area (Å²) in [6.45, 7) is 2.17. The Kier molecular flexibility index (Phi) is 3.71. The highest BCUT2D eigenvalue weighted by atomic mass is 32.2. The highest BCUT2D eigenvalue weighted by molar-refractivity contribution is 7.91. The lowest BCUT2D eigenvalue weighted by atomic mass is 10.4. The second-order valence-corrected chi connectivity index (χ2v) is 9.62. The smallest absolute Gasteiger partial charge is 0.206 e. The number of nitrogens with zero attached hydrogens (tertiary/aromatic N) is 4. The van der Waals surface area contributed by atoms with Crippen molar-refractivity contribution in [1.82, 2.24) is 24.5 Å². The van der Waals surface area contributed by atoms with Gasteiger partial charge in [-0.15, -0.1) is 21.5 Å². The van der Waals surface area contributed by atoms with Gasteiger partial charge >= 0.3 is 0 Å². The number of hydrogen-bond donors (Lipinski definition) is 1. The topological polar surface area (TPSA) is 89.2 Å². The molecule has 1 N–H and O–H groups in total. The van der Waals surface area contributed by atoms with Crippen molar-refractivity contribution in [2.45, 2.75) is 42.9 Å². The second kappa shape index (κ2) is 5.62. The molecule has 3 aromatic rings. The lowest BCUT2D eigenvalue weighted by Crippen LogP contribution is -2.22. The molecule has 0 amide bonds. The van der Waals surface area contributed by atoms with Gasteiger partial charge < -0.3 is 0 Å². The van der Waals surface area contributed by atoms with Crippen LogP contribution in [0, 0.1) is 0 Å². The predicted molar refractivity (Wildman–Crippen MR) is 88.4 cm³/mol. The number of nitrogens with one attached hydrogen (secondary N) is 1. The van der Waals surface area contributed by atoms with Crippen LogP contribution < -0.4 is 4.72 Å². The van der Waals surface area contributed by atoms with E-state index in [1.807, 2.05) is 13.0 Å². The van der Waals surface area contributed by atoms with Crippen LogP contribution in [0.5, 0.6) is 0 Å². The minimum atomic E-state index is -3.49. The minimum Gasteiger partial charge on any atom is -0.206 e. The Bertz CT molecular complexity index is 951. The monoisotopic (exact) mass is 369 g/mol. The third kappa shape index (κ3) is 2.91. The molecule has 0 unspecified atom stereocenters. The molecule has 1 saturated carbocycles. The van der Waals surface area contributed by atoms with Crippen LogP contribution in [0.15, 0.2) is 16.3 Å². The maximum atomic E-state index is 12.3. The van der Waals surface area contributed by atoms with Gasteiger partial charge in [0, 0.05) is 10.8 Å². The quantitative estimate of drug-likeness (QED) is 0.719. The molecule has 0 aromatic carbocycles. The van der Waals surface area contributed by atoms with Crippen LogP contribution in [0.4, 0.5) is 0 Å². The molecule has 0 bridgehead atoms. The Morgan fingerprint density at radius 3 is 2.83 bits per heavy atom. The van der Waals surface area contributed by atoms with E-state index in [-0.39, 0.29) is 6.54 Å². The van der Waals surface area contributed by atoms with Gasteiger partial charge in [0.2, 0.25) is 15.0 Å². The van der Waals surface area contributed by atoms with Crippen LogP contribution >= 0.6 is 22.7 Å². The summed E-state index contributed by atoms with van der Waals surface area (Å²) in [5.41, 5.74) is 0. The molecule has 1 fully saturated rings. The third-order valence-electron chi connectivity index (χ3n) is 3.66. The van der Waals surface area contributed by atoms with Crippen molar-refractivity contribution >= 4 is 37.7 Å². The summed E-state index contributed by atoms with van der Waals surface area (Å²) in [5, 5.41) is 13.4. The predicted octanol–water partition coefficient (Wildman–Crippen LogP) is 2.17. The Balaban J connectivity index is 1.51. The number of rotatable bonds is 6. The summed E-state index contributed by atoms with van der Waals surface area (Å²) < 4.78 is 29.3. The molecule has 1 aliphatic carbocycles.